The van der Waals surface area contributed by atoms with Gasteiger partial charge >= 0.3 is 0 Å². The highest BCUT2D eigenvalue weighted by Gasteiger charge is 2.25. The van der Waals surface area contributed by atoms with Crippen LogP contribution in [0.4, 0.5) is 11.5 Å². The molecule has 0 saturated heterocycles. The van der Waals surface area contributed by atoms with Crippen molar-refractivity contribution in [2.75, 3.05) is 10.6 Å². The van der Waals surface area contributed by atoms with E-state index in [1.54, 1.807) is 18.6 Å². The lowest BCUT2D eigenvalue weighted by Gasteiger charge is -2.23. The van der Waals surface area contributed by atoms with Gasteiger partial charge in [0.25, 0.3) is 0 Å². The van der Waals surface area contributed by atoms with Gasteiger partial charge in [0.15, 0.2) is 5.82 Å². The van der Waals surface area contributed by atoms with Crippen LogP contribution in [0, 0.1) is 5.92 Å². The fraction of sp³-hybridized carbons (Fsp3) is 0.312. The summed E-state index contributed by atoms with van der Waals surface area (Å²) in [5, 5.41) is 13.3. The maximum absolute atomic E-state index is 12.1. The molecule has 0 aliphatic heterocycles. The van der Waals surface area contributed by atoms with Gasteiger partial charge in [-0.05, 0) is 31.0 Å². The third-order valence-electron chi connectivity index (χ3n) is 4.28. The molecule has 25 heavy (non-hydrogen) atoms. The summed E-state index contributed by atoms with van der Waals surface area (Å²) in [4.78, 5) is 31.1. The molecule has 1 aliphatic carbocycles. The molecule has 4 rings (SSSR count). The van der Waals surface area contributed by atoms with Crippen LogP contribution in [-0.4, -0.2) is 36.8 Å². The summed E-state index contributed by atoms with van der Waals surface area (Å²) >= 11 is 0. The first-order chi connectivity index (χ1) is 12.2. The number of anilines is 2. The van der Waals surface area contributed by atoms with Crippen molar-refractivity contribution in [1.82, 2.24) is 25.0 Å². The number of carbonyl (C=O) groups is 2. The quantitative estimate of drug-likeness (QED) is 0.651. The first kappa shape index (κ1) is 15.3. The lowest BCUT2D eigenvalue weighted by molar-refractivity contribution is -0.122. The van der Waals surface area contributed by atoms with Gasteiger partial charge in [0.1, 0.15) is 6.54 Å². The number of imidazole rings is 1. The van der Waals surface area contributed by atoms with E-state index in [0.717, 1.165) is 30.3 Å². The smallest absolute Gasteiger partial charge is 0.246 e. The Hall–Kier alpha value is -3.23. The summed E-state index contributed by atoms with van der Waals surface area (Å²) in [6, 6.07) is 5.42. The highest BCUT2D eigenvalue weighted by Crippen LogP contribution is 2.27. The highest BCUT2D eigenvalue weighted by atomic mass is 16.2. The van der Waals surface area contributed by atoms with E-state index >= 15 is 0 Å². The largest absolute Gasteiger partial charge is 0.345 e. The Morgan fingerprint density at radius 2 is 2.16 bits per heavy atom. The maximum Gasteiger partial charge on any atom is 0.246 e. The summed E-state index contributed by atoms with van der Waals surface area (Å²) < 4.78 is 1.39. The topological polar surface area (TPSA) is 118 Å². The van der Waals surface area contributed by atoms with Crippen LogP contribution in [0.5, 0.6) is 0 Å². The molecule has 2 aromatic heterocycles. The number of amides is 2. The van der Waals surface area contributed by atoms with E-state index in [9.17, 15) is 9.59 Å². The Balaban J connectivity index is 1.35. The van der Waals surface area contributed by atoms with Gasteiger partial charge in [-0.3, -0.25) is 9.59 Å². The van der Waals surface area contributed by atoms with E-state index in [2.05, 4.69) is 30.9 Å². The van der Waals surface area contributed by atoms with Gasteiger partial charge in [0, 0.05) is 11.6 Å². The molecular formula is C16H17N7O2. The van der Waals surface area contributed by atoms with Gasteiger partial charge in [0.2, 0.25) is 11.8 Å². The van der Waals surface area contributed by atoms with E-state index in [1.165, 1.54) is 4.68 Å². The predicted octanol–water partition coefficient (Wildman–Crippen LogP) is 1.53. The number of aromatic nitrogens is 5. The van der Waals surface area contributed by atoms with E-state index in [-0.39, 0.29) is 24.3 Å². The normalized spacial score (nSPS) is 14.2. The van der Waals surface area contributed by atoms with Gasteiger partial charge < -0.3 is 15.6 Å². The van der Waals surface area contributed by atoms with Crippen LogP contribution in [-0.2, 0) is 16.1 Å². The zero-order valence-electron chi connectivity index (χ0n) is 13.4. The minimum atomic E-state index is -0.236. The third-order valence-corrected chi connectivity index (χ3v) is 4.28. The molecule has 9 nitrogen and oxygen atoms in total. The molecule has 1 aliphatic rings. The number of hydrogen-bond donors (Lipinski definition) is 3. The molecule has 0 unspecified atom stereocenters. The first-order valence-corrected chi connectivity index (χ1v) is 8.11. The lowest BCUT2D eigenvalue weighted by atomic mass is 9.85. The Kier molecular flexibility index (Phi) is 3.88. The number of hydrogen-bond acceptors (Lipinski definition) is 5. The monoisotopic (exact) mass is 339 g/mol. The fourth-order valence-corrected chi connectivity index (χ4v) is 2.69. The second-order valence-electron chi connectivity index (χ2n) is 6.10. The number of fused-ring (bicyclic) bond motifs is 1. The SMILES string of the molecule is O=C(Cn1cc(NC(=O)C2CCC2)nn1)Nc1ccc2nc[nH]c2c1. The van der Waals surface area contributed by atoms with Crippen molar-refractivity contribution in [2.45, 2.75) is 25.8 Å². The summed E-state index contributed by atoms with van der Waals surface area (Å²) in [7, 11) is 0. The number of benzene rings is 1. The van der Waals surface area contributed by atoms with Gasteiger partial charge in [-0.2, -0.15) is 0 Å². The van der Waals surface area contributed by atoms with Crippen molar-refractivity contribution >= 4 is 34.4 Å². The van der Waals surface area contributed by atoms with Crippen molar-refractivity contribution in [3.05, 3.63) is 30.7 Å². The van der Waals surface area contributed by atoms with Gasteiger partial charge in [-0.25, -0.2) is 9.67 Å². The van der Waals surface area contributed by atoms with Crippen LogP contribution >= 0.6 is 0 Å². The molecule has 128 valence electrons. The van der Waals surface area contributed by atoms with Crippen molar-refractivity contribution in [3.8, 4) is 0 Å². The molecule has 1 fully saturated rings. The second kappa shape index (κ2) is 6.34. The number of aromatic amines is 1. The minimum Gasteiger partial charge on any atom is -0.345 e. The highest BCUT2D eigenvalue weighted by molar-refractivity contribution is 5.93. The van der Waals surface area contributed by atoms with Crippen LogP contribution in [0.3, 0.4) is 0 Å². The van der Waals surface area contributed by atoms with Crippen molar-refractivity contribution in [3.63, 3.8) is 0 Å². The Labute approximate surface area is 142 Å². The number of carbonyl (C=O) groups excluding carboxylic acids is 2. The molecule has 2 amide bonds. The average molecular weight is 339 g/mol. The minimum absolute atomic E-state index is 0.00725. The predicted molar refractivity (Wildman–Crippen MR) is 90.7 cm³/mol. The molecule has 2 heterocycles. The number of nitrogens with one attached hydrogen (secondary N) is 3. The maximum atomic E-state index is 12.1. The van der Waals surface area contributed by atoms with E-state index in [0.29, 0.717) is 11.5 Å². The number of rotatable bonds is 5. The molecule has 1 aromatic carbocycles. The molecule has 1 saturated carbocycles. The Morgan fingerprint density at radius 1 is 1.28 bits per heavy atom. The molecule has 0 bridgehead atoms. The van der Waals surface area contributed by atoms with Crippen LogP contribution in [0.25, 0.3) is 11.0 Å². The van der Waals surface area contributed by atoms with Crippen molar-refractivity contribution in [2.24, 2.45) is 5.92 Å². The molecule has 3 N–H and O–H groups in total. The summed E-state index contributed by atoms with van der Waals surface area (Å²) in [6.45, 7) is 0.00725. The third kappa shape index (κ3) is 3.35. The van der Waals surface area contributed by atoms with Gasteiger partial charge in [-0.15, -0.1) is 5.10 Å². The number of H-pyrrole nitrogens is 1. The lowest BCUT2D eigenvalue weighted by Crippen LogP contribution is -2.28. The molecule has 0 spiro atoms. The zero-order chi connectivity index (χ0) is 17.2. The van der Waals surface area contributed by atoms with Crippen LogP contribution in [0.2, 0.25) is 0 Å². The zero-order valence-corrected chi connectivity index (χ0v) is 13.4. The standard InChI is InChI=1S/C16H17N7O2/c24-15(19-11-4-5-12-13(6-11)18-9-17-12)8-23-7-14(21-22-23)20-16(25)10-2-1-3-10/h4-7,9-10H,1-3,8H2,(H,17,18)(H,19,24)(H,20,25). The van der Waals surface area contributed by atoms with Crippen LogP contribution in [0.15, 0.2) is 30.7 Å². The summed E-state index contributed by atoms with van der Waals surface area (Å²) in [6.07, 6.45) is 6.08. The summed E-state index contributed by atoms with van der Waals surface area (Å²) in [5.74, 6) is 0.172. The van der Waals surface area contributed by atoms with E-state index < -0.39 is 0 Å². The van der Waals surface area contributed by atoms with Crippen LogP contribution < -0.4 is 10.6 Å². The first-order valence-electron chi connectivity index (χ1n) is 8.11. The van der Waals surface area contributed by atoms with Crippen molar-refractivity contribution in [1.29, 1.82) is 0 Å². The molecule has 0 atom stereocenters. The number of nitrogens with zero attached hydrogens (tertiary/aromatic N) is 4. The second-order valence-corrected chi connectivity index (χ2v) is 6.10. The Morgan fingerprint density at radius 3 is 2.96 bits per heavy atom. The van der Waals surface area contributed by atoms with E-state index in [1.807, 2.05) is 12.1 Å². The van der Waals surface area contributed by atoms with Gasteiger partial charge in [-0.1, -0.05) is 11.6 Å². The van der Waals surface area contributed by atoms with Crippen LogP contribution in [0.1, 0.15) is 19.3 Å². The van der Waals surface area contributed by atoms with E-state index in [4.69, 9.17) is 0 Å². The fourth-order valence-electron chi connectivity index (χ4n) is 2.69. The molecule has 9 heteroatoms. The average Bonchev–Trinajstić information content (AvgIpc) is 3.14. The Bertz CT molecular complexity index is 925. The van der Waals surface area contributed by atoms with Crippen molar-refractivity contribution < 1.29 is 9.59 Å². The molecule has 0 radical (unpaired) electrons. The summed E-state index contributed by atoms with van der Waals surface area (Å²) in [5.41, 5.74) is 2.35. The van der Waals surface area contributed by atoms with Gasteiger partial charge in [0.05, 0.1) is 23.6 Å². The molecule has 3 aromatic rings. The molecular weight excluding hydrogens is 322 g/mol.